The molecular weight excluding hydrogens is 239 g/mol. The summed E-state index contributed by atoms with van der Waals surface area (Å²) >= 11 is 0. The van der Waals surface area contributed by atoms with Gasteiger partial charge < -0.3 is 9.05 Å². The van der Waals surface area contributed by atoms with E-state index in [-0.39, 0.29) is 6.61 Å². The number of rotatable bonds is 5. The predicted octanol–water partition coefficient (Wildman–Crippen LogP) is 3.06. The quantitative estimate of drug-likeness (QED) is 0.598. The summed E-state index contributed by atoms with van der Waals surface area (Å²) < 4.78 is 20.4. The summed E-state index contributed by atoms with van der Waals surface area (Å²) in [5.74, 6) is -0.619. The van der Waals surface area contributed by atoms with Crippen LogP contribution in [0.5, 0.6) is 0 Å². The number of hydrogen-bond acceptors (Lipinski definition) is 4. The normalized spacial score (nSPS) is 13.2. The summed E-state index contributed by atoms with van der Waals surface area (Å²) in [6.07, 6.45) is 1.67. The molecule has 1 aromatic rings. The Bertz CT molecular complexity index is 425. The van der Waals surface area contributed by atoms with Crippen molar-refractivity contribution < 1.29 is 18.4 Å². The molecule has 0 saturated heterocycles. The van der Waals surface area contributed by atoms with Crippen molar-refractivity contribution in [2.24, 2.45) is 0 Å². The molecule has 1 rings (SSSR count). The predicted molar refractivity (Wildman–Crippen MR) is 66.8 cm³/mol. The van der Waals surface area contributed by atoms with Crippen molar-refractivity contribution in [3.05, 3.63) is 41.5 Å². The van der Waals surface area contributed by atoms with Crippen LogP contribution >= 0.6 is 8.25 Å². The highest BCUT2D eigenvalue weighted by atomic mass is 31.1. The van der Waals surface area contributed by atoms with Gasteiger partial charge in [0.1, 0.15) is 0 Å². The van der Waals surface area contributed by atoms with Crippen molar-refractivity contribution in [1.82, 2.24) is 0 Å². The van der Waals surface area contributed by atoms with E-state index < -0.39 is 14.2 Å². The summed E-state index contributed by atoms with van der Waals surface area (Å²) in [7, 11) is -2.72. The highest BCUT2D eigenvalue weighted by Crippen LogP contribution is 2.25. The smallest absolute Gasteiger partial charge is 0.370 e. The van der Waals surface area contributed by atoms with Crippen LogP contribution in [-0.4, -0.2) is 12.6 Å². The van der Waals surface area contributed by atoms with Crippen molar-refractivity contribution in [3.8, 4) is 0 Å². The van der Waals surface area contributed by atoms with Crippen LogP contribution in [0.15, 0.2) is 35.9 Å². The average Bonchev–Trinajstić information content (AvgIpc) is 2.30. The van der Waals surface area contributed by atoms with Crippen LogP contribution in [0.4, 0.5) is 0 Å². The second-order valence-corrected chi connectivity index (χ2v) is 4.30. The molecular formula is C12H15O4P. The molecule has 0 aliphatic heterocycles. The summed E-state index contributed by atoms with van der Waals surface area (Å²) in [6.45, 7) is 3.55. The molecule has 5 heteroatoms. The Morgan fingerprint density at radius 3 is 2.59 bits per heavy atom. The minimum atomic E-state index is -2.72. The maximum absolute atomic E-state index is 11.5. The zero-order valence-corrected chi connectivity index (χ0v) is 10.8. The van der Waals surface area contributed by atoms with Gasteiger partial charge in [-0.25, -0.2) is 9.36 Å². The van der Waals surface area contributed by atoms with Gasteiger partial charge in [0.05, 0.1) is 6.61 Å². The Morgan fingerprint density at radius 1 is 1.35 bits per heavy atom. The molecule has 1 aromatic carbocycles. The third kappa shape index (κ3) is 4.98. The monoisotopic (exact) mass is 254 g/mol. The van der Waals surface area contributed by atoms with Gasteiger partial charge in [-0.05, 0) is 25.5 Å². The summed E-state index contributed by atoms with van der Waals surface area (Å²) in [6, 6.07) is 9.35. The fraction of sp³-hybridized carbons (Fsp3) is 0.250. The minimum Gasteiger partial charge on any atom is -0.390 e. The van der Waals surface area contributed by atoms with Crippen LogP contribution in [0.3, 0.4) is 0 Å². The van der Waals surface area contributed by atoms with Crippen LogP contribution in [0, 0.1) is 0 Å². The number of carbonyl (C=O) groups is 1. The van der Waals surface area contributed by atoms with Gasteiger partial charge in [0.15, 0.2) is 0 Å². The summed E-state index contributed by atoms with van der Waals surface area (Å²) in [4.78, 5) is 11.5. The Kier molecular flexibility index (Phi) is 5.67. The van der Waals surface area contributed by atoms with E-state index in [1.165, 1.54) is 0 Å². The molecule has 0 radical (unpaired) electrons. The van der Waals surface area contributed by atoms with Crippen molar-refractivity contribution >= 4 is 20.3 Å². The Labute approximate surface area is 101 Å². The van der Waals surface area contributed by atoms with Crippen LogP contribution in [0.2, 0.25) is 0 Å². The van der Waals surface area contributed by atoms with Gasteiger partial charge in [0.2, 0.25) is 0 Å². The molecule has 1 atom stereocenters. The van der Waals surface area contributed by atoms with Gasteiger partial charge >= 0.3 is 14.2 Å². The molecule has 0 aromatic heterocycles. The molecule has 1 unspecified atom stereocenters. The maximum Gasteiger partial charge on any atom is 0.370 e. The van der Waals surface area contributed by atoms with E-state index in [2.05, 4.69) is 9.05 Å². The first-order chi connectivity index (χ1) is 8.13. The number of hydrogen-bond donors (Lipinski definition) is 0. The highest BCUT2D eigenvalue weighted by molar-refractivity contribution is 7.34. The topological polar surface area (TPSA) is 52.6 Å². The van der Waals surface area contributed by atoms with E-state index in [0.717, 1.165) is 5.56 Å². The van der Waals surface area contributed by atoms with Crippen molar-refractivity contribution in [2.45, 2.75) is 13.8 Å². The molecule has 0 spiro atoms. The standard InChI is InChI=1S/C12H15O4P/c1-3-15-17(14)16-12(13)10(2)9-11-7-5-4-6-8-11/h4-9,17H,3H2,1-2H3. The largest absolute Gasteiger partial charge is 0.390 e. The number of benzene rings is 1. The van der Waals surface area contributed by atoms with Gasteiger partial charge in [-0.2, -0.15) is 0 Å². The highest BCUT2D eigenvalue weighted by Gasteiger charge is 2.09. The van der Waals surface area contributed by atoms with E-state index in [1.54, 1.807) is 19.9 Å². The molecule has 17 heavy (non-hydrogen) atoms. The summed E-state index contributed by atoms with van der Waals surface area (Å²) in [5.41, 5.74) is 1.27. The van der Waals surface area contributed by atoms with E-state index in [9.17, 15) is 9.36 Å². The lowest BCUT2D eigenvalue weighted by atomic mass is 10.1. The molecule has 0 fully saturated rings. The van der Waals surface area contributed by atoms with E-state index in [4.69, 9.17) is 0 Å². The second-order valence-electron chi connectivity index (χ2n) is 3.31. The van der Waals surface area contributed by atoms with Crippen LogP contribution in [0.25, 0.3) is 6.08 Å². The van der Waals surface area contributed by atoms with Crippen LogP contribution < -0.4 is 0 Å². The minimum absolute atomic E-state index is 0.256. The Morgan fingerprint density at radius 2 is 2.00 bits per heavy atom. The molecule has 0 aliphatic rings. The Balaban J connectivity index is 2.64. The lowest BCUT2D eigenvalue weighted by Gasteiger charge is -2.04. The van der Waals surface area contributed by atoms with Crippen molar-refractivity contribution in [3.63, 3.8) is 0 Å². The summed E-state index contributed by atoms with van der Waals surface area (Å²) in [5, 5.41) is 0. The first-order valence-corrected chi connectivity index (χ1v) is 6.48. The first-order valence-electron chi connectivity index (χ1n) is 5.25. The molecule has 0 bridgehead atoms. The van der Waals surface area contributed by atoms with Crippen molar-refractivity contribution in [2.75, 3.05) is 6.61 Å². The molecule has 4 nitrogen and oxygen atoms in total. The Hall–Kier alpha value is -1.38. The fourth-order valence-electron chi connectivity index (χ4n) is 1.16. The maximum atomic E-state index is 11.5. The SMILES string of the molecule is CCO[PH](=O)OC(=O)C(C)=Cc1ccccc1. The molecule has 0 aliphatic carbocycles. The zero-order valence-electron chi connectivity index (χ0n) is 9.80. The third-order valence-corrected chi connectivity index (χ3v) is 2.82. The zero-order chi connectivity index (χ0) is 12.7. The molecule has 0 saturated carbocycles. The van der Waals surface area contributed by atoms with Crippen molar-refractivity contribution in [1.29, 1.82) is 0 Å². The van der Waals surface area contributed by atoms with E-state index >= 15 is 0 Å². The molecule has 0 amide bonds. The number of carbonyl (C=O) groups excluding carboxylic acids is 1. The first kappa shape index (κ1) is 13.7. The molecule has 0 heterocycles. The lowest BCUT2D eigenvalue weighted by Crippen LogP contribution is -2.01. The van der Waals surface area contributed by atoms with Crippen LogP contribution in [-0.2, 0) is 18.4 Å². The molecule has 0 N–H and O–H groups in total. The van der Waals surface area contributed by atoms with E-state index in [1.807, 2.05) is 30.3 Å². The van der Waals surface area contributed by atoms with Gasteiger partial charge in [-0.1, -0.05) is 30.3 Å². The third-order valence-electron chi connectivity index (χ3n) is 1.94. The van der Waals surface area contributed by atoms with Gasteiger partial charge in [-0.15, -0.1) is 0 Å². The van der Waals surface area contributed by atoms with Gasteiger partial charge in [-0.3, -0.25) is 0 Å². The average molecular weight is 254 g/mol. The van der Waals surface area contributed by atoms with Gasteiger partial charge in [0, 0.05) is 5.57 Å². The second kappa shape index (κ2) is 7.05. The van der Waals surface area contributed by atoms with Crippen LogP contribution in [0.1, 0.15) is 19.4 Å². The molecule has 92 valence electrons. The lowest BCUT2D eigenvalue weighted by molar-refractivity contribution is -0.130. The fourth-order valence-corrected chi connectivity index (χ4v) is 1.77. The van der Waals surface area contributed by atoms with E-state index in [0.29, 0.717) is 5.57 Å². The van der Waals surface area contributed by atoms with Gasteiger partial charge in [0.25, 0.3) is 0 Å².